The average Bonchev–Trinajstić information content (AvgIpc) is 3.06. The lowest BCUT2D eigenvalue weighted by Crippen LogP contribution is -2.14. The van der Waals surface area contributed by atoms with Crippen LogP contribution in [0.3, 0.4) is 0 Å². The van der Waals surface area contributed by atoms with Crippen molar-refractivity contribution in [3.05, 3.63) is 75.2 Å². The van der Waals surface area contributed by atoms with Gasteiger partial charge >= 0.3 is 0 Å². The van der Waals surface area contributed by atoms with Crippen LogP contribution < -0.4 is 10.6 Å². The minimum absolute atomic E-state index is 0.141. The third kappa shape index (κ3) is 4.41. The van der Waals surface area contributed by atoms with Gasteiger partial charge in [0.2, 0.25) is 0 Å². The molecule has 3 aromatic rings. The van der Waals surface area contributed by atoms with Crippen LogP contribution in [0.2, 0.25) is 0 Å². The summed E-state index contributed by atoms with van der Waals surface area (Å²) in [7, 11) is 0. The van der Waals surface area contributed by atoms with E-state index in [-0.39, 0.29) is 11.8 Å². The zero-order valence-corrected chi connectivity index (χ0v) is 16.3. The maximum absolute atomic E-state index is 12.5. The molecule has 0 aliphatic heterocycles. The smallest absolute Gasteiger partial charge is 0.265 e. The molecular formula is C21H21N3O2S. The highest BCUT2D eigenvalue weighted by Gasteiger charge is 2.13. The van der Waals surface area contributed by atoms with E-state index in [2.05, 4.69) is 22.5 Å². The van der Waals surface area contributed by atoms with E-state index >= 15 is 0 Å². The normalized spacial score (nSPS) is 10.5. The molecule has 0 radical (unpaired) electrons. The summed E-state index contributed by atoms with van der Waals surface area (Å²) >= 11 is 1.49. The third-order valence-corrected chi connectivity index (χ3v) is 5.40. The van der Waals surface area contributed by atoms with Crippen LogP contribution in [-0.4, -0.2) is 16.8 Å². The van der Waals surface area contributed by atoms with Crippen LogP contribution in [0.25, 0.3) is 0 Å². The Hall–Kier alpha value is -2.99. The number of anilines is 2. The quantitative estimate of drug-likeness (QED) is 0.667. The Morgan fingerprint density at radius 1 is 1.00 bits per heavy atom. The van der Waals surface area contributed by atoms with Gasteiger partial charge in [0, 0.05) is 34.2 Å². The van der Waals surface area contributed by atoms with Crippen molar-refractivity contribution in [2.45, 2.75) is 27.2 Å². The number of rotatable bonds is 5. The molecule has 0 bridgehead atoms. The molecule has 0 saturated heterocycles. The monoisotopic (exact) mass is 379 g/mol. The second-order valence-corrected chi connectivity index (χ2v) is 7.48. The van der Waals surface area contributed by atoms with Gasteiger partial charge in [-0.1, -0.05) is 13.0 Å². The average molecular weight is 379 g/mol. The molecule has 0 spiro atoms. The van der Waals surface area contributed by atoms with Gasteiger partial charge in [-0.15, -0.1) is 11.3 Å². The van der Waals surface area contributed by atoms with E-state index in [1.807, 2.05) is 32.0 Å². The first kappa shape index (κ1) is 18.8. The Labute approximate surface area is 162 Å². The maximum Gasteiger partial charge on any atom is 0.265 e. The second kappa shape index (κ2) is 8.14. The van der Waals surface area contributed by atoms with Crippen LogP contribution in [0.1, 0.15) is 43.0 Å². The summed E-state index contributed by atoms with van der Waals surface area (Å²) in [6.07, 6.45) is 4.06. The molecule has 138 valence electrons. The first-order chi connectivity index (χ1) is 13.0. The van der Waals surface area contributed by atoms with Crippen LogP contribution in [0.5, 0.6) is 0 Å². The molecule has 0 unspecified atom stereocenters. The van der Waals surface area contributed by atoms with Crippen molar-refractivity contribution in [2.24, 2.45) is 0 Å². The predicted octanol–water partition coefficient (Wildman–Crippen LogP) is 4.83. The molecule has 1 aromatic carbocycles. The molecule has 2 aromatic heterocycles. The van der Waals surface area contributed by atoms with Crippen molar-refractivity contribution in [3.8, 4) is 0 Å². The molecule has 27 heavy (non-hydrogen) atoms. The van der Waals surface area contributed by atoms with Crippen LogP contribution in [-0.2, 0) is 6.42 Å². The highest BCUT2D eigenvalue weighted by molar-refractivity contribution is 7.14. The molecule has 0 aliphatic rings. The van der Waals surface area contributed by atoms with Gasteiger partial charge in [0.05, 0.1) is 4.88 Å². The number of hydrogen-bond acceptors (Lipinski definition) is 4. The summed E-state index contributed by atoms with van der Waals surface area (Å²) in [6, 6.07) is 10.7. The zero-order valence-electron chi connectivity index (χ0n) is 15.5. The molecule has 2 amide bonds. The maximum atomic E-state index is 12.5. The topological polar surface area (TPSA) is 71.1 Å². The summed E-state index contributed by atoms with van der Waals surface area (Å²) in [4.78, 5) is 30.7. The minimum Gasteiger partial charge on any atom is -0.322 e. The fourth-order valence-corrected chi connectivity index (χ4v) is 3.72. The van der Waals surface area contributed by atoms with Gasteiger partial charge in [0.15, 0.2) is 0 Å². The molecule has 0 aliphatic carbocycles. The molecule has 3 rings (SSSR count). The molecule has 2 N–H and O–H groups in total. The third-order valence-electron chi connectivity index (χ3n) is 4.31. The Morgan fingerprint density at radius 2 is 1.74 bits per heavy atom. The van der Waals surface area contributed by atoms with Crippen molar-refractivity contribution in [1.82, 2.24) is 4.98 Å². The number of hydrogen-bond donors (Lipinski definition) is 2. The fraction of sp³-hybridized carbons (Fsp3) is 0.190. The predicted molar refractivity (Wildman–Crippen MR) is 110 cm³/mol. The van der Waals surface area contributed by atoms with E-state index in [0.29, 0.717) is 21.8 Å². The molecule has 0 fully saturated rings. The summed E-state index contributed by atoms with van der Waals surface area (Å²) in [6.45, 7) is 6.01. The van der Waals surface area contributed by atoms with Gasteiger partial charge in [-0.2, -0.15) is 0 Å². The Bertz CT molecular complexity index is 980. The Kier molecular flexibility index (Phi) is 5.66. The van der Waals surface area contributed by atoms with Crippen LogP contribution >= 0.6 is 11.3 Å². The minimum atomic E-state index is -0.217. The number of amides is 2. The highest BCUT2D eigenvalue weighted by Crippen LogP contribution is 2.25. The fourth-order valence-electron chi connectivity index (χ4n) is 2.71. The van der Waals surface area contributed by atoms with Crippen molar-refractivity contribution >= 4 is 34.5 Å². The van der Waals surface area contributed by atoms with E-state index in [9.17, 15) is 9.59 Å². The number of nitrogens with zero attached hydrogens (tertiary/aromatic N) is 1. The van der Waals surface area contributed by atoms with Crippen molar-refractivity contribution in [1.29, 1.82) is 0 Å². The Balaban J connectivity index is 1.76. The van der Waals surface area contributed by atoms with E-state index in [1.165, 1.54) is 16.9 Å². The number of carbonyl (C=O) groups excluding carboxylic acids is 2. The van der Waals surface area contributed by atoms with Gasteiger partial charge < -0.3 is 10.6 Å². The highest BCUT2D eigenvalue weighted by atomic mass is 32.1. The lowest BCUT2D eigenvalue weighted by atomic mass is 10.1. The summed E-state index contributed by atoms with van der Waals surface area (Å²) < 4.78 is 0. The van der Waals surface area contributed by atoms with Gasteiger partial charge in [-0.05, 0) is 61.7 Å². The largest absolute Gasteiger partial charge is 0.322 e. The van der Waals surface area contributed by atoms with Crippen LogP contribution in [0.4, 0.5) is 11.4 Å². The summed E-state index contributed by atoms with van der Waals surface area (Å²) in [5.41, 5.74) is 3.93. The number of nitrogens with one attached hydrogen (secondary N) is 2. The van der Waals surface area contributed by atoms with Gasteiger partial charge in [-0.3, -0.25) is 14.6 Å². The Morgan fingerprint density at radius 3 is 2.41 bits per heavy atom. The number of carbonyl (C=O) groups is 2. The van der Waals surface area contributed by atoms with Gasteiger partial charge in [0.1, 0.15) is 0 Å². The van der Waals surface area contributed by atoms with E-state index in [0.717, 1.165) is 16.9 Å². The summed E-state index contributed by atoms with van der Waals surface area (Å²) in [5.74, 6) is -0.358. The lowest BCUT2D eigenvalue weighted by Gasteiger charge is -2.11. The molecule has 5 nitrogen and oxygen atoms in total. The van der Waals surface area contributed by atoms with E-state index < -0.39 is 0 Å². The first-order valence-corrected chi connectivity index (χ1v) is 9.52. The number of thiophene rings is 1. The molecule has 2 heterocycles. The molecule has 6 heteroatoms. The first-order valence-electron chi connectivity index (χ1n) is 8.70. The van der Waals surface area contributed by atoms with E-state index in [4.69, 9.17) is 0 Å². The van der Waals surface area contributed by atoms with Crippen molar-refractivity contribution in [2.75, 3.05) is 10.6 Å². The molecule has 0 saturated carbocycles. The number of pyridine rings is 1. The second-order valence-electron chi connectivity index (χ2n) is 6.22. The number of benzene rings is 1. The van der Waals surface area contributed by atoms with Gasteiger partial charge in [0.25, 0.3) is 11.8 Å². The van der Waals surface area contributed by atoms with Gasteiger partial charge in [-0.25, -0.2) is 0 Å². The van der Waals surface area contributed by atoms with Crippen LogP contribution in [0.15, 0.2) is 48.8 Å². The van der Waals surface area contributed by atoms with Crippen molar-refractivity contribution in [3.63, 3.8) is 0 Å². The van der Waals surface area contributed by atoms with Crippen LogP contribution in [0, 0.1) is 13.8 Å². The molecule has 0 atom stereocenters. The number of aryl methyl sites for hydroxylation is 3. The standard InChI is InChI=1S/C21H21N3O2S/c1-4-15-11-19(27-14(15)3)21(26)23-17-6-5-13(2)18(12-17)24-20(25)16-7-9-22-10-8-16/h5-12H,4H2,1-3H3,(H,23,26)(H,24,25). The van der Waals surface area contributed by atoms with E-state index in [1.54, 1.807) is 30.6 Å². The molecular weight excluding hydrogens is 358 g/mol. The summed E-state index contributed by atoms with van der Waals surface area (Å²) in [5, 5.41) is 5.80. The zero-order chi connectivity index (χ0) is 19.4. The number of aromatic nitrogens is 1. The van der Waals surface area contributed by atoms with Crippen molar-refractivity contribution < 1.29 is 9.59 Å². The lowest BCUT2D eigenvalue weighted by molar-refractivity contribution is 0.102. The SMILES string of the molecule is CCc1cc(C(=O)Nc2ccc(C)c(NC(=O)c3ccncc3)c2)sc1C.